The Kier molecular flexibility index (Phi) is 11.5. The lowest BCUT2D eigenvalue weighted by atomic mass is 9.89. The van der Waals surface area contributed by atoms with E-state index >= 15 is 0 Å². The summed E-state index contributed by atoms with van der Waals surface area (Å²) >= 11 is 0. The average Bonchev–Trinajstić information content (AvgIpc) is 3.33. The predicted octanol–water partition coefficient (Wildman–Crippen LogP) is 5.08. The average molecular weight is 719 g/mol. The Hall–Kier alpha value is -6.54. The van der Waals surface area contributed by atoms with Gasteiger partial charge in [0.15, 0.2) is 11.8 Å². The molecule has 4 aromatic rings. The molecule has 3 N–H and O–H groups in total. The van der Waals surface area contributed by atoms with Crippen molar-refractivity contribution >= 4 is 41.3 Å². The van der Waals surface area contributed by atoms with E-state index in [0.29, 0.717) is 21.8 Å². The zero-order valence-corrected chi connectivity index (χ0v) is 29.3. The first-order chi connectivity index (χ1) is 25.4. The smallest absolute Gasteiger partial charge is 0.363 e. The van der Waals surface area contributed by atoms with Crippen molar-refractivity contribution in [3.05, 3.63) is 126 Å². The number of nitrogens with zero attached hydrogens (tertiary/aromatic N) is 4. The van der Waals surface area contributed by atoms with Crippen molar-refractivity contribution in [3.63, 3.8) is 0 Å². The molecule has 0 bridgehead atoms. The number of anilines is 1. The molecule has 0 radical (unpaired) electrons. The van der Waals surface area contributed by atoms with Gasteiger partial charge in [0, 0.05) is 12.2 Å². The SMILES string of the molecule is CNC(CC(=O)O)C(=O)N(c1ccccc1)[C@@H](C(C)=O)C(=O)ON1C(=O)N(Cc2ccc(-c3ccccc3)cc2)[C@](C)(c2ccc(CN=N)cc2)C1=O. The number of carboxylic acid groups (broad SMARTS) is 1. The summed E-state index contributed by atoms with van der Waals surface area (Å²) in [5.74, 6) is -5.46. The third-order valence-electron chi connectivity index (χ3n) is 9.07. The summed E-state index contributed by atoms with van der Waals surface area (Å²) in [7, 11) is 1.36. The van der Waals surface area contributed by atoms with Gasteiger partial charge < -0.3 is 15.3 Å². The summed E-state index contributed by atoms with van der Waals surface area (Å²) in [5, 5.41) is 15.7. The number of Topliss-reactive ketones (excluding diaryl/α,β-unsaturated/α-hetero) is 1. The van der Waals surface area contributed by atoms with E-state index in [9.17, 15) is 33.9 Å². The van der Waals surface area contributed by atoms with Crippen LogP contribution < -0.4 is 10.2 Å². The number of amides is 4. The standard InChI is InChI=1S/C39H38N6O8/c1-25(46)34(44(31-12-8-5-9-13-31)35(49)32(41-3)22-33(47)48)36(50)53-45-37(51)39(2,30-20-16-26(17-21-30)23-42-40)43(38(45)52)24-27-14-18-29(19-15-27)28-10-6-4-7-11-28/h4-21,32,34,40-41H,22-24H2,1-3H3,(H,47,48)/t32?,34-,39+/m0/s1. The van der Waals surface area contributed by atoms with Gasteiger partial charge in [0.05, 0.1) is 19.0 Å². The number of benzene rings is 4. The van der Waals surface area contributed by atoms with Gasteiger partial charge in [0.25, 0.3) is 5.91 Å². The first kappa shape index (κ1) is 37.7. The van der Waals surface area contributed by atoms with Crippen LogP contribution >= 0.6 is 0 Å². The molecular formula is C39H38N6O8. The van der Waals surface area contributed by atoms with Crippen LogP contribution in [0.5, 0.6) is 0 Å². The Morgan fingerprint density at radius 1 is 0.868 bits per heavy atom. The Morgan fingerprint density at radius 2 is 1.43 bits per heavy atom. The number of carbonyl (C=O) groups excluding carboxylic acids is 5. The highest BCUT2D eigenvalue weighted by Gasteiger charge is 2.58. The number of urea groups is 1. The van der Waals surface area contributed by atoms with E-state index in [1.54, 1.807) is 42.5 Å². The number of hydrogen-bond acceptors (Lipinski definition) is 10. The van der Waals surface area contributed by atoms with Crippen molar-refractivity contribution in [3.8, 4) is 11.1 Å². The van der Waals surface area contributed by atoms with E-state index in [1.165, 1.54) is 31.0 Å². The maximum absolute atomic E-state index is 14.4. The number of likely N-dealkylation sites (N-methyl/N-ethyl adjacent to an activating group) is 1. The van der Waals surface area contributed by atoms with Gasteiger partial charge in [-0.15, -0.1) is 0 Å². The monoisotopic (exact) mass is 718 g/mol. The fraction of sp³-hybridized carbons (Fsp3) is 0.231. The number of hydrogen-bond donors (Lipinski definition) is 3. The quantitative estimate of drug-likeness (QED) is 0.0856. The molecule has 0 aliphatic carbocycles. The molecule has 14 heteroatoms. The fourth-order valence-corrected chi connectivity index (χ4v) is 6.17. The molecular weight excluding hydrogens is 680 g/mol. The molecule has 0 spiro atoms. The molecule has 14 nitrogen and oxygen atoms in total. The Balaban J connectivity index is 1.52. The molecule has 5 rings (SSSR count). The van der Waals surface area contributed by atoms with Gasteiger partial charge in [-0.05, 0) is 60.8 Å². The molecule has 1 saturated heterocycles. The van der Waals surface area contributed by atoms with Crippen LogP contribution in [-0.2, 0) is 47.4 Å². The molecule has 1 unspecified atom stereocenters. The first-order valence-corrected chi connectivity index (χ1v) is 16.6. The van der Waals surface area contributed by atoms with Crippen LogP contribution in [0.1, 0.15) is 37.0 Å². The van der Waals surface area contributed by atoms with Crippen LogP contribution in [0.4, 0.5) is 10.5 Å². The number of rotatable bonds is 15. The van der Waals surface area contributed by atoms with Crippen LogP contribution in [0.15, 0.2) is 114 Å². The van der Waals surface area contributed by atoms with Crippen LogP contribution in [0.2, 0.25) is 0 Å². The lowest BCUT2D eigenvalue weighted by Crippen LogP contribution is -2.57. The molecule has 1 aliphatic heterocycles. The van der Waals surface area contributed by atoms with Crippen molar-refractivity contribution in [2.75, 3.05) is 11.9 Å². The summed E-state index contributed by atoms with van der Waals surface area (Å²) < 4.78 is 0. The number of aliphatic carboxylic acids is 1. The molecule has 272 valence electrons. The Morgan fingerprint density at radius 3 is 1.98 bits per heavy atom. The molecule has 53 heavy (non-hydrogen) atoms. The number of nitrogens with one attached hydrogen (secondary N) is 2. The number of carboxylic acids is 1. The van der Waals surface area contributed by atoms with Gasteiger partial charge >= 0.3 is 18.0 Å². The molecule has 1 fully saturated rings. The second-order valence-corrected chi connectivity index (χ2v) is 12.5. The van der Waals surface area contributed by atoms with Gasteiger partial charge in [0.2, 0.25) is 5.91 Å². The minimum absolute atomic E-state index is 0.0734. The highest BCUT2D eigenvalue weighted by Crippen LogP contribution is 2.39. The minimum Gasteiger partial charge on any atom is -0.481 e. The van der Waals surface area contributed by atoms with Crippen molar-refractivity contribution in [2.24, 2.45) is 5.11 Å². The highest BCUT2D eigenvalue weighted by molar-refractivity contribution is 6.15. The number of ketones is 1. The van der Waals surface area contributed by atoms with Gasteiger partial charge in [0.1, 0.15) is 5.54 Å². The van der Waals surface area contributed by atoms with Crippen LogP contribution in [0.25, 0.3) is 11.1 Å². The summed E-state index contributed by atoms with van der Waals surface area (Å²) in [6.07, 6.45) is -0.671. The third-order valence-corrected chi connectivity index (χ3v) is 9.07. The van der Waals surface area contributed by atoms with Crippen molar-refractivity contribution in [2.45, 2.75) is 51.0 Å². The van der Waals surface area contributed by atoms with Gasteiger partial charge in [-0.2, -0.15) is 5.11 Å². The van der Waals surface area contributed by atoms with Gasteiger partial charge in [-0.25, -0.2) is 15.1 Å². The molecule has 3 atom stereocenters. The second kappa shape index (κ2) is 16.2. The van der Waals surface area contributed by atoms with Gasteiger partial charge in [-0.3, -0.25) is 29.0 Å². The molecule has 1 heterocycles. The lowest BCUT2D eigenvalue weighted by Gasteiger charge is -2.32. The Bertz CT molecular complexity index is 2010. The number of hydroxylamine groups is 2. The van der Waals surface area contributed by atoms with Crippen LogP contribution in [0.3, 0.4) is 0 Å². The fourth-order valence-electron chi connectivity index (χ4n) is 6.17. The van der Waals surface area contributed by atoms with E-state index in [0.717, 1.165) is 23.0 Å². The van der Waals surface area contributed by atoms with Crippen molar-refractivity contribution in [1.29, 1.82) is 5.53 Å². The van der Waals surface area contributed by atoms with Crippen molar-refractivity contribution < 1.29 is 38.7 Å². The molecule has 4 amide bonds. The normalized spacial score (nSPS) is 16.5. The van der Waals surface area contributed by atoms with E-state index in [1.807, 2.05) is 54.6 Å². The minimum atomic E-state index is -2.01. The summed E-state index contributed by atoms with van der Waals surface area (Å²) in [5.41, 5.74) is 9.20. The third kappa shape index (κ3) is 7.87. The summed E-state index contributed by atoms with van der Waals surface area (Å²) in [6, 6.07) is 26.9. The summed E-state index contributed by atoms with van der Waals surface area (Å²) in [4.78, 5) is 88.7. The van der Waals surface area contributed by atoms with E-state index in [2.05, 4.69) is 10.4 Å². The Labute approximate surface area is 305 Å². The molecule has 0 aromatic heterocycles. The number of imide groups is 1. The zero-order valence-electron chi connectivity index (χ0n) is 29.3. The maximum atomic E-state index is 14.4. The molecule has 0 saturated carbocycles. The topological polar surface area (TPSA) is 190 Å². The van der Waals surface area contributed by atoms with E-state index < -0.39 is 59.6 Å². The van der Waals surface area contributed by atoms with Gasteiger partial charge in [-0.1, -0.05) is 102 Å². The maximum Gasteiger partial charge on any atom is 0.363 e. The summed E-state index contributed by atoms with van der Waals surface area (Å²) in [6.45, 7) is 2.57. The van der Waals surface area contributed by atoms with E-state index in [-0.39, 0.29) is 18.8 Å². The van der Waals surface area contributed by atoms with Crippen LogP contribution in [-0.4, -0.2) is 69.8 Å². The van der Waals surface area contributed by atoms with E-state index in [4.69, 9.17) is 10.4 Å². The number of carbonyl (C=O) groups is 6. The largest absolute Gasteiger partial charge is 0.481 e. The second-order valence-electron chi connectivity index (χ2n) is 12.5. The highest BCUT2D eigenvalue weighted by atomic mass is 16.7. The van der Waals surface area contributed by atoms with Crippen molar-refractivity contribution in [1.82, 2.24) is 15.3 Å². The molecule has 1 aliphatic rings. The van der Waals surface area contributed by atoms with Crippen LogP contribution in [0, 0.1) is 5.53 Å². The molecule has 4 aromatic carbocycles. The first-order valence-electron chi connectivity index (χ1n) is 16.6. The zero-order chi connectivity index (χ0) is 38.3. The number of para-hydroxylation sites is 1. The lowest BCUT2D eigenvalue weighted by molar-refractivity contribution is -0.186. The predicted molar refractivity (Wildman–Crippen MR) is 192 cm³/mol.